The van der Waals surface area contributed by atoms with Gasteiger partial charge in [-0.1, -0.05) is 32.9 Å². The van der Waals surface area contributed by atoms with Crippen molar-refractivity contribution in [1.29, 1.82) is 0 Å². The Morgan fingerprint density at radius 1 is 1.04 bits per heavy atom. The van der Waals surface area contributed by atoms with Crippen LogP contribution >= 0.6 is 0 Å². The summed E-state index contributed by atoms with van der Waals surface area (Å²) in [6.07, 6.45) is 3.68. The lowest BCUT2D eigenvalue weighted by Gasteiger charge is -2.36. The van der Waals surface area contributed by atoms with Crippen LogP contribution in [0.25, 0.3) is 0 Å². The monoisotopic (exact) mass is 320 g/mol. The van der Waals surface area contributed by atoms with Gasteiger partial charge in [0.1, 0.15) is 5.82 Å². The van der Waals surface area contributed by atoms with Crippen LogP contribution in [0.3, 0.4) is 0 Å². The van der Waals surface area contributed by atoms with Gasteiger partial charge < -0.3 is 0 Å². The maximum atomic E-state index is 13.5. The Morgan fingerprint density at radius 2 is 1.65 bits per heavy atom. The molecule has 1 aliphatic carbocycles. The molecule has 23 heavy (non-hydrogen) atoms. The van der Waals surface area contributed by atoms with Gasteiger partial charge in [-0.25, -0.2) is 4.39 Å². The van der Waals surface area contributed by atoms with Crippen molar-refractivity contribution in [3.05, 3.63) is 35.6 Å². The topological polar surface area (TPSA) is 58.2 Å². The highest BCUT2D eigenvalue weighted by Crippen LogP contribution is 2.39. The molecule has 1 aromatic carbocycles. The molecule has 1 aromatic rings. The Hall–Kier alpha value is -1.91. The zero-order valence-electron chi connectivity index (χ0n) is 14.0. The van der Waals surface area contributed by atoms with E-state index >= 15 is 0 Å². The minimum Gasteiger partial charge on any atom is -0.273 e. The first kappa shape index (κ1) is 17.4. The summed E-state index contributed by atoms with van der Waals surface area (Å²) in [7, 11) is 0. The van der Waals surface area contributed by atoms with E-state index in [1.54, 1.807) is 6.07 Å². The standard InChI is InChI=1S/C18H25FN2O2/c1-18(2,3)13-10-8-12(9-11-13)16(22)20-21-17(23)14-6-4-5-7-15(14)19/h4-7,12-13H,8-11H2,1-3H3,(H,20,22)(H,21,23). The van der Waals surface area contributed by atoms with Gasteiger partial charge in [0.15, 0.2) is 0 Å². The molecule has 0 heterocycles. The number of halogens is 1. The predicted molar refractivity (Wildman–Crippen MR) is 86.9 cm³/mol. The molecule has 5 heteroatoms. The minimum atomic E-state index is -0.639. The van der Waals surface area contributed by atoms with Crippen molar-refractivity contribution >= 4 is 11.8 Å². The smallest absolute Gasteiger partial charge is 0.272 e. The summed E-state index contributed by atoms with van der Waals surface area (Å²) in [6, 6.07) is 5.68. The molecular formula is C18H25FN2O2. The Balaban J connectivity index is 1.82. The van der Waals surface area contributed by atoms with E-state index in [1.807, 2.05) is 0 Å². The first-order chi connectivity index (χ1) is 10.8. The summed E-state index contributed by atoms with van der Waals surface area (Å²) in [6.45, 7) is 6.69. The fraction of sp³-hybridized carbons (Fsp3) is 0.556. The highest BCUT2D eigenvalue weighted by molar-refractivity contribution is 5.95. The maximum absolute atomic E-state index is 13.5. The molecule has 2 N–H and O–H groups in total. The van der Waals surface area contributed by atoms with Gasteiger partial charge in [0.05, 0.1) is 5.56 Å². The molecule has 0 aliphatic heterocycles. The second-order valence-electron chi connectivity index (χ2n) is 7.34. The first-order valence-corrected chi connectivity index (χ1v) is 8.13. The lowest BCUT2D eigenvalue weighted by atomic mass is 9.70. The zero-order chi connectivity index (χ0) is 17.0. The van der Waals surface area contributed by atoms with Crippen molar-refractivity contribution in [1.82, 2.24) is 10.9 Å². The molecule has 1 aliphatic rings. The first-order valence-electron chi connectivity index (χ1n) is 8.13. The van der Waals surface area contributed by atoms with Crippen molar-refractivity contribution in [2.45, 2.75) is 46.5 Å². The quantitative estimate of drug-likeness (QED) is 0.820. The van der Waals surface area contributed by atoms with Gasteiger partial charge >= 0.3 is 0 Å². The molecule has 0 radical (unpaired) electrons. The molecule has 2 rings (SSSR count). The van der Waals surface area contributed by atoms with Crippen molar-refractivity contribution < 1.29 is 14.0 Å². The van der Waals surface area contributed by atoms with Crippen molar-refractivity contribution in [3.63, 3.8) is 0 Å². The molecule has 0 unspecified atom stereocenters. The second kappa shape index (κ2) is 7.11. The van der Waals surface area contributed by atoms with Gasteiger partial charge in [-0.3, -0.25) is 20.4 Å². The fourth-order valence-corrected chi connectivity index (χ4v) is 3.15. The van der Waals surface area contributed by atoms with Gasteiger partial charge in [0.25, 0.3) is 5.91 Å². The van der Waals surface area contributed by atoms with Gasteiger partial charge in [-0.2, -0.15) is 0 Å². The molecule has 0 aromatic heterocycles. The summed E-state index contributed by atoms with van der Waals surface area (Å²) in [5.41, 5.74) is 4.91. The maximum Gasteiger partial charge on any atom is 0.272 e. The Labute approximate surface area is 136 Å². The summed E-state index contributed by atoms with van der Waals surface area (Å²) in [5, 5.41) is 0. The molecule has 4 nitrogen and oxygen atoms in total. The van der Waals surface area contributed by atoms with E-state index in [4.69, 9.17) is 0 Å². The molecule has 1 saturated carbocycles. The van der Waals surface area contributed by atoms with Crippen LogP contribution in [-0.4, -0.2) is 11.8 Å². The third-order valence-corrected chi connectivity index (χ3v) is 4.74. The number of hydrazine groups is 1. The molecule has 2 amide bonds. The molecule has 126 valence electrons. The van der Waals surface area contributed by atoms with E-state index < -0.39 is 11.7 Å². The Bertz CT molecular complexity index is 573. The van der Waals surface area contributed by atoms with Crippen LogP contribution in [0, 0.1) is 23.1 Å². The highest BCUT2D eigenvalue weighted by atomic mass is 19.1. The van der Waals surface area contributed by atoms with E-state index in [1.165, 1.54) is 18.2 Å². The lowest BCUT2D eigenvalue weighted by Crippen LogP contribution is -2.45. The zero-order valence-corrected chi connectivity index (χ0v) is 14.0. The van der Waals surface area contributed by atoms with Crippen LogP contribution in [0.1, 0.15) is 56.8 Å². The van der Waals surface area contributed by atoms with Crippen LogP contribution in [-0.2, 0) is 4.79 Å². The van der Waals surface area contributed by atoms with Gasteiger partial charge in [-0.15, -0.1) is 0 Å². The number of amides is 2. The fourth-order valence-electron chi connectivity index (χ4n) is 3.15. The van der Waals surface area contributed by atoms with Gasteiger partial charge in [-0.05, 0) is 49.1 Å². The van der Waals surface area contributed by atoms with Crippen LogP contribution in [0.2, 0.25) is 0 Å². The number of carbonyl (C=O) groups excluding carboxylic acids is 2. The summed E-state index contributed by atoms with van der Waals surface area (Å²) in [4.78, 5) is 24.0. The van der Waals surface area contributed by atoms with E-state index in [0.717, 1.165) is 25.7 Å². The summed E-state index contributed by atoms with van der Waals surface area (Å²) in [5.74, 6) is -0.902. The molecule has 0 saturated heterocycles. The molecular weight excluding hydrogens is 295 g/mol. The highest BCUT2D eigenvalue weighted by Gasteiger charge is 2.32. The van der Waals surface area contributed by atoms with Crippen molar-refractivity contribution in [2.75, 3.05) is 0 Å². The molecule has 0 bridgehead atoms. The van der Waals surface area contributed by atoms with E-state index in [9.17, 15) is 14.0 Å². The van der Waals surface area contributed by atoms with Crippen LogP contribution < -0.4 is 10.9 Å². The van der Waals surface area contributed by atoms with Gasteiger partial charge in [0, 0.05) is 5.92 Å². The van der Waals surface area contributed by atoms with Crippen molar-refractivity contribution in [2.24, 2.45) is 17.3 Å². The molecule has 0 spiro atoms. The SMILES string of the molecule is CC(C)(C)C1CCC(C(=O)NNC(=O)c2ccccc2F)CC1. The van der Waals surface area contributed by atoms with Crippen LogP contribution in [0.4, 0.5) is 4.39 Å². The number of carbonyl (C=O) groups is 2. The summed E-state index contributed by atoms with van der Waals surface area (Å²) < 4.78 is 13.5. The second-order valence-corrected chi connectivity index (χ2v) is 7.34. The number of benzene rings is 1. The number of nitrogens with one attached hydrogen (secondary N) is 2. The third-order valence-electron chi connectivity index (χ3n) is 4.74. The Morgan fingerprint density at radius 3 is 2.22 bits per heavy atom. The lowest BCUT2D eigenvalue weighted by molar-refractivity contribution is -0.127. The number of hydrogen-bond donors (Lipinski definition) is 2. The van der Waals surface area contributed by atoms with Gasteiger partial charge in [0.2, 0.25) is 5.91 Å². The number of hydrogen-bond acceptors (Lipinski definition) is 2. The largest absolute Gasteiger partial charge is 0.273 e. The normalized spacial score (nSPS) is 21.6. The van der Waals surface area contributed by atoms with Crippen molar-refractivity contribution in [3.8, 4) is 0 Å². The third kappa shape index (κ3) is 4.53. The minimum absolute atomic E-state index is 0.0794. The average Bonchev–Trinajstić information content (AvgIpc) is 2.52. The average molecular weight is 320 g/mol. The van der Waals surface area contributed by atoms with Crippen LogP contribution in [0.15, 0.2) is 24.3 Å². The van der Waals surface area contributed by atoms with E-state index in [2.05, 4.69) is 31.6 Å². The Kier molecular flexibility index (Phi) is 5.39. The van der Waals surface area contributed by atoms with E-state index in [-0.39, 0.29) is 22.8 Å². The summed E-state index contributed by atoms with van der Waals surface area (Å²) >= 11 is 0. The molecule has 1 fully saturated rings. The van der Waals surface area contributed by atoms with E-state index in [0.29, 0.717) is 5.92 Å². The number of rotatable bonds is 2. The predicted octanol–water partition coefficient (Wildman–Crippen LogP) is 3.44. The molecule has 0 atom stereocenters. The van der Waals surface area contributed by atoms with Crippen LogP contribution in [0.5, 0.6) is 0 Å².